The summed E-state index contributed by atoms with van der Waals surface area (Å²) in [6, 6.07) is 0. The largest absolute Gasteiger partial charge is 0.394 e. The minimum atomic E-state index is -0.430. The predicted octanol–water partition coefficient (Wildman–Crippen LogP) is 1.05. The Morgan fingerprint density at radius 3 is 2.75 bits per heavy atom. The molecule has 2 aliphatic rings. The number of ether oxygens (including phenoxy) is 2. The minimum Gasteiger partial charge on any atom is -0.394 e. The number of aliphatic hydroxyl groups is 1. The third-order valence-electron chi connectivity index (χ3n) is 2.99. The van der Waals surface area contributed by atoms with Gasteiger partial charge in [-0.15, -0.1) is 0 Å². The molecule has 2 fully saturated rings. The van der Waals surface area contributed by atoms with E-state index in [0.29, 0.717) is 0 Å². The molecule has 1 N–H and O–H groups in total. The molecule has 2 bridgehead atoms. The summed E-state index contributed by atoms with van der Waals surface area (Å²) in [6.07, 6.45) is 2.93. The number of hydrogen-bond donors (Lipinski definition) is 1. The average Bonchev–Trinajstić information content (AvgIpc) is 2.16. The standard InChI is InChI=1S/C9H16O3/c1-8-4-3-5-9(2,12-8)11-7(8)6-10/h7,10H,3-6H2,1-2H3/t7-,8-,9+/m0/s1. The summed E-state index contributed by atoms with van der Waals surface area (Å²) in [5.41, 5.74) is -0.248. The molecule has 0 aliphatic carbocycles. The second-order valence-electron chi connectivity index (χ2n) is 4.19. The van der Waals surface area contributed by atoms with Crippen LogP contribution < -0.4 is 0 Å². The molecular formula is C9H16O3. The first-order valence-electron chi connectivity index (χ1n) is 4.57. The van der Waals surface area contributed by atoms with Crippen LogP contribution in [0.15, 0.2) is 0 Å². The summed E-state index contributed by atoms with van der Waals surface area (Å²) >= 11 is 0. The van der Waals surface area contributed by atoms with Crippen molar-refractivity contribution in [2.45, 2.75) is 50.6 Å². The summed E-state index contributed by atoms with van der Waals surface area (Å²) in [4.78, 5) is 0. The number of aliphatic hydroxyl groups excluding tert-OH is 1. The molecule has 3 atom stereocenters. The van der Waals surface area contributed by atoms with E-state index in [9.17, 15) is 0 Å². The van der Waals surface area contributed by atoms with Gasteiger partial charge in [0.25, 0.3) is 0 Å². The van der Waals surface area contributed by atoms with Crippen molar-refractivity contribution in [1.29, 1.82) is 0 Å². The van der Waals surface area contributed by atoms with Crippen molar-refractivity contribution in [2.24, 2.45) is 0 Å². The molecule has 0 unspecified atom stereocenters. The zero-order valence-corrected chi connectivity index (χ0v) is 7.67. The third kappa shape index (κ3) is 1.08. The van der Waals surface area contributed by atoms with E-state index >= 15 is 0 Å². The minimum absolute atomic E-state index is 0.0616. The predicted molar refractivity (Wildman–Crippen MR) is 43.7 cm³/mol. The maximum atomic E-state index is 9.09. The molecular weight excluding hydrogens is 156 g/mol. The Labute approximate surface area is 72.7 Å². The number of hydrogen-bond acceptors (Lipinski definition) is 3. The van der Waals surface area contributed by atoms with E-state index in [-0.39, 0.29) is 18.3 Å². The Kier molecular flexibility index (Phi) is 1.72. The topological polar surface area (TPSA) is 38.7 Å². The van der Waals surface area contributed by atoms with Gasteiger partial charge in [0.1, 0.15) is 6.10 Å². The molecule has 0 radical (unpaired) electrons. The molecule has 2 rings (SSSR count). The van der Waals surface area contributed by atoms with E-state index in [1.54, 1.807) is 0 Å². The van der Waals surface area contributed by atoms with Crippen LogP contribution in [0.4, 0.5) is 0 Å². The summed E-state index contributed by atoms with van der Waals surface area (Å²) in [5.74, 6) is -0.430. The zero-order valence-electron chi connectivity index (χ0n) is 7.67. The van der Waals surface area contributed by atoms with Crippen molar-refractivity contribution in [1.82, 2.24) is 0 Å². The fourth-order valence-electron chi connectivity index (χ4n) is 2.32. The fourth-order valence-corrected chi connectivity index (χ4v) is 2.32. The molecule has 0 amide bonds. The van der Waals surface area contributed by atoms with Gasteiger partial charge in [-0.25, -0.2) is 0 Å². The van der Waals surface area contributed by atoms with E-state index in [1.807, 2.05) is 13.8 Å². The molecule has 0 aromatic carbocycles. The van der Waals surface area contributed by atoms with Gasteiger partial charge >= 0.3 is 0 Å². The van der Waals surface area contributed by atoms with Crippen molar-refractivity contribution in [3.63, 3.8) is 0 Å². The van der Waals surface area contributed by atoms with Gasteiger partial charge in [-0.1, -0.05) is 0 Å². The SMILES string of the molecule is C[C@]12CCC[C@](C)(O1)[C@H](CO)O2. The highest BCUT2D eigenvalue weighted by atomic mass is 16.8. The van der Waals surface area contributed by atoms with Crippen LogP contribution in [0.5, 0.6) is 0 Å². The molecule has 3 nitrogen and oxygen atoms in total. The van der Waals surface area contributed by atoms with Crippen LogP contribution in [0.25, 0.3) is 0 Å². The molecule has 2 aliphatic heterocycles. The highest BCUT2D eigenvalue weighted by Crippen LogP contribution is 2.46. The van der Waals surface area contributed by atoms with E-state index in [0.717, 1.165) is 19.3 Å². The van der Waals surface area contributed by atoms with E-state index < -0.39 is 5.79 Å². The lowest BCUT2D eigenvalue weighted by atomic mass is 9.91. The van der Waals surface area contributed by atoms with Crippen molar-refractivity contribution in [2.75, 3.05) is 6.61 Å². The normalized spacial score (nSPS) is 52.8. The monoisotopic (exact) mass is 172 g/mol. The van der Waals surface area contributed by atoms with E-state index in [1.165, 1.54) is 0 Å². The highest BCUT2D eigenvalue weighted by Gasteiger charge is 2.54. The zero-order chi connectivity index (χ0) is 8.82. The van der Waals surface area contributed by atoms with Gasteiger partial charge in [-0.2, -0.15) is 0 Å². The van der Waals surface area contributed by atoms with Gasteiger partial charge in [0, 0.05) is 6.42 Å². The van der Waals surface area contributed by atoms with E-state index in [4.69, 9.17) is 14.6 Å². The molecule has 2 saturated heterocycles. The first-order valence-corrected chi connectivity index (χ1v) is 4.57. The Hall–Kier alpha value is -0.120. The summed E-state index contributed by atoms with van der Waals surface area (Å²) < 4.78 is 11.4. The van der Waals surface area contributed by atoms with Crippen molar-refractivity contribution >= 4 is 0 Å². The molecule has 12 heavy (non-hydrogen) atoms. The first kappa shape index (κ1) is 8.48. The molecule has 0 spiro atoms. The number of rotatable bonds is 1. The van der Waals surface area contributed by atoms with Gasteiger partial charge < -0.3 is 14.6 Å². The average molecular weight is 172 g/mol. The highest BCUT2D eigenvalue weighted by molar-refractivity contribution is 4.97. The third-order valence-corrected chi connectivity index (χ3v) is 2.99. The first-order chi connectivity index (χ1) is 5.58. The van der Waals surface area contributed by atoms with Crippen LogP contribution in [0.2, 0.25) is 0 Å². The van der Waals surface area contributed by atoms with Crippen LogP contribution in [0, 0.1) is 0 Å². The summed E-state index contributed by atoms with van der Waals surface area (Å²) in [6.45, 7) is 4.05. The lowest BCUT2D eigenvalue weighted by molar-refractivity contribution is -0.197. The van der Waals surface area contributed by atoms with Gasteiger partial charge in [0.05, 0.1) is 12.2 Å². The Morgan fingerprint density at radius 1 is 1.42 bits per heavy atom. The Balaban J connectivity index is 2.22. The quantitative estimate of drug-likeness (QED) is 0.642. The van der Waals surface area contributed by atoms with Crippen LogP contribution >= 0.6 is 0 Å². The molecule has 70 valence electrons. The summed E-state index contributed by atoms with van der Waals surface area (Å²) in [7, 11) is 0. The van der Waals surface area contributed by atoms with Crippen molar-refractivity contribution in [3.8, 4) is 0 Å². The second kappa shape index (κ2) is 2.44. The number of fused-ring (bicyclic) bond motifs is 2. The Bertz CT molecular complexity index is 194. The van der Waals surface area contributed by atoms with Crippen LogP contribution in [-0.2, 0) is 9.47 Å². The smallest absolute Gasteiger partial charge is 0.167 e. The van der Waals surface area contributed by atoms with Crippen LogP contribution in [-0.4, -0.2) is 29.2 Å². The van der Waals surface area contributed by atoms with Gasteiger partial charge in [0.2, 0.25) is 0 Å². The van der Waals surface area contributed by atoms with E-state index in [2.05, 4.69) is 0 Å². The lowest BCUT2D eigenvalue weighted by Crippen LogP contribution is -2.41. The van der Waals surface area contributed by atoms with Crippen LogP contribution in [0.3, 0.4) is 0 Å². The van der Waals surface area contributed by atoms with Crippen molar-refractivity contribution in [3.05, 3.63) is 0 Å². The van der Waals surface area contributed by atoms with Crippen molar-refractivity contribution < 1.29 is 14.6 Å². The van der Waals surface area contributed by atoms with Gasteiger partial charge in [-0.05, 0) is 26.7 Å². The maximum Gasteiger partial charge on any atom is 0.167 e. The Morgan fingerprint density at radius 2 is 2.17 bits per heavy atom. The maximum absolute atomic E-state index is 9.09. The molecule has 2 heterocycles. The second-order valence-corrected chi connectivity index (χ2v) is 4.19. The molecule has 0 aromatic rings. The molecule has 0 saturated carbocycles. The van der Waals surface area contributed by atoms with Crippen LogP contribution in [0.1, 0.15) is 33.1 Å². The lowest BCUT2D eigenvalue weighted by Gasteiger charge is -2.33. The van der Waals surface area contributed by atoms with Gasteiger partial charge in [-0.3, -0.25) is 0 Å². The molecule has 3 heteroatoms. The molecule has 0 aromatic heterocycles. The fraction of sp³-hybridized carbons (Fsp3) is 1.00. The van der Waals surface area contributed by atoms with Gasteiger partial charge in [0.15, 0.2) is 5.79 Å². The summed E-state index contributed by atoms with van der Waals surface area (Å²) in [5, 5.41) is 9.09.